The zero-order chi connectivity index (χ0) is 20.4. The third kappa shape index (κ3) is 4.10. The van der Waals surface area contributed by atoms with Crippen molar-refractivity contribution in [2.45, 2.75) is 31.7 Å². The van der Waals surface area contributed by atoms with Crippen LogP contribution < -0.4 is 10.2 Å². The molecule has 1 saturated heterocycles. The van der Waals surface area contributed by atoms with Crippen LogP contribution >= 0.6 is 0 Å². The van der Waals surface area contributed by atoms with Gasteiger partial charge in [0, 0.05) is 17.8 Å². The number of anilines is 2. The molecule has 0 spiro atoms. The predicted octanol–water partition coefficient (Wildman–Crippen LogP) is 2.69. The van der Waals surface area contributed by atoms with Crippen molar-refractivity contribution in [1.29, 1.82) is 0 Å². The van der Waals surface area contributed by atoms with Crippen LogP contribution in [0.25, 0.3) is 11.3 Å². The Balaban J connectivity index is 1.52. The molecule has 10 heteroatoms. The van der Waals surface area contributed by atoms with E-state index in [1.807, 2.05) is 0 Å². The molecule has 9 nitrogen and oxygen atoms in total. The molecule has 2 aromatic rings. The number of carbonyl (C=O) groups is 2. The Morgan fingerprint density at radius 2 is 2.07 bits per heavy atom. The molecule has 1 aliphatic carbocycles. The van der Waals surface area contributed by atoms with Crippen molar-refractivity contribution in [2.75, 3.05) is 23.4 Å². The van der Waals surface area contributed by atoms with E-state index < -0.39 is 17.9 Å². The maximum absolute atomic E-state index is 14.4. The fourth-order valence-electron chi connectivity index (χ4n) is 3.62. The number of carboxylic acid groups (broad SMARTS) is 1. The number of carboxylic acids is 1. The van der Waals surface area contributed by atoms with E-state index in [1.54, 1.807) is 12.1 Å². The van der Waals surface area contributed by atoms with Gasteiger partial charge in [-0.1, -0.05) is 0 Å². The summed E-state index contributed by atoms with van der Waals surface area (Å²) < 4.78 is 19.3. The average Bonchev–Trinajstić information content (AvgIpc) is 3.16. The van der Waals surface area contributed by atoms with Gasteiger partial charge < -0.3 is 15.2 Å². The van der Waals surface area contributed by atoms with Crippen LogP contribution in [0, 0.1) is 11.7 Å². The van der Waals surface area contributed by atoms with Gasteiger partial charge in [-0.25, -0.2) is 24.1 Å². The molecule has 1 aliphatic heterocycles. The SMILES string of the molecule is O=C1OCCN1c1cc(-c2nc(N[C@H]3CC[C@H](C(=O)O)CC3)ncc2F)ccn1. The molecule has 2 aliphatic rings. The highest BCUT2D eigenvalue weighted by molar-refractivity contribution is 5.88. The molecule has 0 aromatic carbocycles. The van der Waals surface area contributed by atoms with Crippen LogP contribution in [0.4, 0.5) is 21.0 Å². The maximum Gasteiger partial charge on any atom is 0.415 e. The number of ether oxygens (including phenoxy) is 1. The van der Waals surface area contributed by atoms with E-state index in [0.717, 1.165) is 6.20 Å². The number of hydrogen-bond donors (Lipinski definition) is 2. The van der Waals surface area contributed by atoms with Crippen LogP contribution in [-0.4, -0.2) is 51.3 Å². The summed E-state index contributed by atoms with van der Waals surface area (Å²) in [6.45, 7) is 0.665. The first-order valence-corrected chi connectivity index (χ1v) is 9.44. The first-order chi connectivity index (χ1) is 14.0. The fourth-order valence-corrected chi connectivity index (χ4v) is 3.62. The van der Waals surface area contributed by atoms with Crippen molar-refractivity contribution in [2.24, 2.45) is 5.92 Å². The zero-order valence-electron chi connectivity index (χ0n) is 15.5. The quantitative estimate of drug-likeness (QED) is 0.785. The van der Waals surface area contributed by atoms with Gasteiger partial charge in [0.05, 0.1) is 18.7 Å². The Hall–Kier alpha value is -3.30. The summed E-state index contributed by atoms with van der Waals surface area (Å²) in [5, 5.41) is 12.3. The van der Waals surface area contributed by atoms with Crippen molar-refractivity contribution in [3.8, 4) is 11.3 Å². The number of nitrogens with zero attached hydrogens (tertiary/aromatic N) is 4. The molecule has 1 amide bonds. The topological polar surface area (TPSA) is 118 Å². The van der Waals surface area contributed by atoms with E-state index in [0.29, 0.717) is 43.6 Å². The average molecular weight is 401 g/mol. The Bertz CT molecular complexity index is 933. The second-order valence-electron chi connectivity index (χ2n) is 7.09. The van der Waals surface area contributed by atoms with Crippen LogP contribution in [0.2, 0.25) is 0 Å². The molecule has 0 unspecified atom stereocenters. The first kappa shape index (κ1) is 19.0. The molecule has 152 valence electrons. The van der Waals surface area contributed by atoms with Crippen molar-refractivity contribution in [1.82, 2.24) is 15.0 Å². The van der Waals surface area contributed by atoms with Gasteiger partial charge in [0.1, 0.15) is 18.1 Å². The number of aliphatic carboxylic acids is 1. The van der Waals surface area contributed by atoms with E-state index in [4.69, 9.17) is 9.84 Å². The summed E-state index contributed by atoms with van der Waals surface area (Å²) in [5.74, 6) is -1.03. The van der Waals surface area contributed by atoms with Crippen molar-refractivity contribution in [3.05, 3.63) is 30.3 Å². The second-order valence-corrected chi connectivity index (χ2v) is 7.09. The standard InChI is InChI=1S/C19H20FN5O4/c20-14-10-22-18(23-13-3-1-11(2-4-13)17(26)27)24-16(14)12-5-6-21-15(9-12)25-7-8-29-19(25)28/h5-6,9-11,13H,1-4,7-8H2,(H,26,27)(H,22,23,24)/t11-,13-. The number of hydrogen-bond acceptors (Lipinski definition) is 7. The summed E-state index contributed by atoms with van der Waals surface area (Å²) >= 11 is 0. The van der Waals surface area contributed by atoms with Crippen LogP contribution in [0.5, 0.6) is 0 Å². The molecule has 4 rings (SSSR count). The summed E-state index contributed by atoms with van der Waals surface area (Å²) in [6, 6.07) is 3.23. The van der Waals surface area contributed by atoms with Gasteiger partial charge in [0.2, 0.25) is 5.95 Å². The number of halogens is 1. The summed E-state index contributed by atoms with van der Waals surface area (Å²) in [7, 11) is 0. The van der Waals surface area contributed by atoms with E-state index in [9.17, 15) is 14.0 Å². The molecule has 0 radical (unpaired) electrons. The lowest BCUT2D eigenvalue weighted by Crippen LogP contribution is -2.30. The Morgan fingerprint density at radius 1 is 1.28 bits per heavy atom. The summed E-state index contributed by atoms with van der Waals surface area (Å²) in [6.07, 6.45) is 4.63. The number of rotatable bonds is 5. The van der Waals surface area contributed by atoms with Crippen LogP contribution in [0.1, 0.15) is 25.7 Å². The van der Waals surface area contributed by atoms with Crippen molar-refractivity contribution < 1.29 is 23.8 Å². The zero-order valence-corrected chi connectivity index (χ0v) is 15.5. The monoisotopic (exact) mass is 401 g/mol. The summed E-state index contributed by atoms with van der Waals surface area (Å²) in [4.78, 5) is 36.7. The fraction of sp³-hybridized carbons (Fsp3) is 0.421. The number of pyridine rings is 1. The molecular weight excluding hydrogens is 381 g/mol. The lowest BCUT2D eigenvalue weighted by Gasteiger charge is -2.26. The van der Waals surface area contributed by atoms with E-state index in [2.05, 4.69) is 20.3 Å². The van der Waals surface area contributed by atoms with Crippen molar-refractivity contribution >= 4 is 23.8 Å². The van der Waals surface area contributed by atoms with Gasteiger partial charge in [-0.3, -0.25) is 9.69 Å². The van der Waals surface area contributed by atoms with E-state index in [-0.39, 0.29) is 30.2 Å². The number of carbonyl (C=O) groups excluding carboxylic acids is 1. The lowest BCUT2D eigenvalue weighted by molar-refractivity contribution is -0.142. The molecule has 0 atom stereocenters. The number of nitrogens with one attached hydrogen (secondary N) is 1. The number of aromatic nitrogens is 3. The normalized spacial score (nSPS) is 21.7. The minimum atomic E-state index is -0.765. The number of amides is 1. The van der Waals surface area contributed by atoms with Crippen molar-refractivity contribution in [3.63, 3.8) is 0 Å². The molecule has 29 heavy (non-hydrogen) atoms. The molecular formula is C19H20FN5O4. The molecule has 1 saturated carbocycles. The molecule has 3 heterocycles. The van der Waals surface area contributed by atoms with Gasteiger partial charge in [0.15, 0.2) is 5.82 Å². The van der Waals surface area contributed by atoms with Crippen LogP contribution in [0.15, 0.2) is 24.5 Å². The largest absolute Gasteiger partial charge is 0.481 e. The van der Waals surface area contributed by atoms with Gasteiger partial charge in [-0.05, 0) is 37.8 Å². The molecule has 2 N–H and O–H groups in total. The summed E-state index contributed by atoms with van der Waals surface area (Å²) in [5.41, 5.74) is 0.560. The highest BCUT2D eigenvalue weighted by atomic mass is 19.1. The second kappa shape index (κ2) is 7.98. The van der Waals surface area contributed by atoms with Crippen LogP contribution in [-0.2, 0) is 9.53 Å². The minimum Gasteiger partial charge on any atom is -0.481 e. The molecule has 2 fully saturated rings. The van der Waals surface area contributed by atoms with Crippen LogP contribution in [0.3, 0.4) is 0 Å². The van der Waals surface area contributed by atoms with Gasteiger partial charge in [-0.2, -0.15) is 0 Å². The van der Waals surface area contributed by atoms with E-state index in [1.165, 1.54) is 11.1 Å². The van der Waals surface area contributed by atoms with Gasteiger partial charge >= 0.3 is 12.1 Å². The highest BCUT2D eigenvalue weighted by Gasteiger charge is 2.27. The van der Waals surface area contributed by atoms with E-state index >= 15 is 0 Å². The Labute approximate surface area is 165 Å². The predicted molar refractivity (Wildman–Crippen MR) is 101 cm³/mol. The first-order valence-electron chi connectivity index (χ1n) is 9.44. The highest BCUT2D eigenvalue weighted by Crippen LogP contribution is 2.28. The van der Waals surface area contributed by atoms with Gasteiger partial charge in [-0.15, -0.1) is 0 Å². The minimum absolute atomic E-state index is 0.0382. The molecule has 2 aromatic heterocycles. The maximum atomic E-state index is 14.4. The lowest BCUT2D eigenvalue weighted by atomic mass is 9.86. The van der Waals surface area contributed by atoms with Gasteiger partial charge in [0.25, 0.3) is 0 Å². The smallest absolute Gasteiger partial charge is 0.415 e. The molecule has 0 bridgehead atoms. The Morgan fingerprint density at radius 3 is 2.76 bits per heavy atom. The Kier molecular flexibility index (Phi) is 5.24. The third-order valence-electron chi connectivity index (χ3n) is 5.21. The number of cyclic esters (lactones) is 1. The third-order valence-corrected chi connectivity index (χ3v) is 5.21.